The maximum atomic E-state index is 13.8. The molecule has 4 aromatic rings. The molecule has 1 N–H and O–H groups in total. The van der Waals surface area contributed by atoms with Crippen LogP contribution in [-0.2, 0) is 0 Å². The number of benzene rings is 2. The lowest BCUT2D eigenvalue weighted by molar-refractivity contribution is 0.261. The third-order valence-corrected chi connectivity index (χ3v) is 4.72. The number of nitrogens with one attached hydrogen (secondary N) is 1. The summed E-state index contributed by atoms with van der Waals surface area (Å²) in [6.45, 7) is 1.30. The number of hydrogen-bond donors (Lipinski definition) is 1. The van der Waals surface area contributed by atoms with Gasteiger partial charge in [0.05, 0.1) is 10.4 Å². The molecule has 0 aliphatic carbocycles. The summed E-state index contributed by atoms with van der Waals surface area (Å²) in [6.07, 6.45) is 1.49. The van der Waals surface area contributed by atoms with Crippen LogP contribution in [0.15, 0.2) is 42.6 Å². The molecule has 0 radical (unpaired) electrons. The highest BCUT2D eigenvalue weighted by Gasteiger charge is 2.16. The summed E-state index contributed by atoms with van der Waals surface area (Å²) in [6, 6.07) is 8.18. The number of aromatic nitrogens is 4. The lowest BCUT2D eigenvalue weighted by Gasteiger charge is -2.12. The molecular formula is C21H18ClF2N5O2. The second-order valence-electron chi connectivity index (χ2n) is 6.96. The third kappa shape index (κ3) is 4.73. The van der Waals surface area contributed by atoms with Gasteiger partial charge in [-0.1, -0.05) is 11.6 Å². The Bertz CT molecular complexity index is 1230. The zero-order valence-electron chi connectivity index (χ0n) is 16.7. The van der Waals surface area contributed by atoms with Crippen molar-refractivity contribution in [1.29, 1.82) is 0 Å². The minimum atomic E-state index is -0.855. The monoisotopic (exact) mass is 445 g/mol. The van der Waals surface area contributed by atoms with Crippen LogP contribution in [0.2, 0.25) is 5.02 Å². The van der Waals surface area contributed by atoms with Crippen molar-refractivity contribution in [2.45, 2.75) is 0 Å². The molecule has 0 spiro atoms. The van der Waals surface area contributed by atoms with Gasteiger partial charge in [-0.2, -0.15) is 10.1 Å². The van der Waals surface area contributed by atoms with Crippen LogP contribution in [-0.4, -0.2) is 52.3 Å². The quantitative estimate of drug-likeness (QED) is 0.445. The number of aromatic amines is 1. The molecule has 0 atom stereocenters. The minimum absolute atomic E-state index is 0.111. The van der Waals surface area contributed by atoms with Gasteiger partial charge in [-0.05, 0) is 44.4 Å². The Morgan fingerprint density at radius 1 is 1.13 bits per heavy atom. The van der Waals surface area contributed by atoms with E-state index in [1.807, 2.05) is 19.0 Å². The SMILES string of the molecule is CN(C)CCOc1ccc(Cl)c(-c2n[nH]c3nc(Oc4ccc(F)cc4F)ncc23)c1. The molecule has 0 unspecified atom stereocenters. The summed E-state index contributed by atoms with van der Waals surface area (Å²) in [5, 5.41) is 8.18. The van der Waals surface area contributed by atoms with Crippen molar-refractivity contribution < 1.29 is 18.3 Å². The van der Waals surface area contributed by atoms with Gasteiger partial charge in [-0.15, -0.1) is 0 Å². The normalized spacial score (nSPS) is 11.3. The highest BCUT2D eigenvalue weighted by atomic mass is 35.5. The van der Waals surface area contributed by atoms with Gasteiger partial charge in [0.15, 0.2) is 17.2 Å². The summed E-state index contributed by atoms with van der Waals surface area (Å²) in [5.41, 5.74) is 1.56. The van der Waals surface area contributed by atoms with E-state index < -0.39 is 11.6 Å². The molecule has 10 heteroatoms. The average Bonchev–Trinajstić information content (AvgIpc) is 3.14. The summed E-state index contributed by atoms with van der Waals surface area (Å²) in [7, 11) is 3.93. The van der Waals surface area contributed by atoms with Crippen LogP contribution >= 0.6 is 11.6 Å². The number of likely N-dealkylation sites (N-methyl/N-ethyl adjacent to an activating group) is 1. The second kappa shape index (κ2) is 8.83. The number of hydrogen-bond acceptors (Lipinski definition) is 6. The highest BCUT2D eigenvalue weighted by Crippen LogP contribution is 2.34. The van der Waals surface area contributed by atoms with E-state index in [1.54, 1.807) is 18.2 Å². The number of ether oxygens (including phenoxy) is 2. The molecule has 2 aromatic heterocycles. The molecule has 4 rings (SSSR count). The lowest BCUT2D eigenvalue weighted by atomic mass is 10.1. The molecule has 7 nitrogen and oxygen atoms in total. The van der Waals surface area contributed by atoms with E-state index in [1.165, 1.54) is 6.20 Å². The second-order valence-corrected chi connectivity index (χ2v) is 7.36. The zero-order valence-corrected chi connectivity index (χ0v) is 17.5. The Labute approximate surface area is 181 Å². The molecule has 0 bridgehead atoms. The lowest BCUT2D eigenvalue weighted by Crippen LogP contribution is -2.19. The van der Waals surface area contributed by atoms with Gasteiger partial charge in [0, 0.05) is 24.4 Å². The molecule has 0 saturated heterocycles. The molecule has 0 saturated carbocycles. The number of nitrogens with zero attached hydrogens (tertiary/aromatic N) is 4. The zero-order chi connectivity index (χ0) is 22.0. The van der Waals surface area contributed by atoms with Crippen molar-refractivity contribution in [2.24, 2.45) is 0 Å². The van der Waals surface area contributed by atoms with Crippen LogP contribution in [0.25, 0.3) is 22.3 Å². The van der Waals surface area contributed by atoms with Gasteiger partial charge in [-0.3, -0.25) is 5.10 Å². The number of fused-ring (bicyclic) bond motifs is 1. The first-order valence-corrected chi connectivity index (χ1v) is 9.70. The predicted molar refractivity (Wildman–Crippen MR) is 113 cm³/mol. The summed E-state index contributed by atoms with van der Waals surface area (Å²) in [4.78, 5) is 10.3. The van der Waals surface area contributed by atoms with Crippen LogP contribution < -0.4 is 9.47 Å². The molecule has 0 aliphatic heterocycles. The van der Waals surface area contributed by atoms with Gasteiger partial charge >= 0.3 is 6.01 Å². The van der Waals surface area contributed by atoms with Gasteiger partial charge < -0.3 is 14.4 Å². The van der Waals surface area contributed by atoms with Gasteiger partial charge in [0.1, 0.15) is 23.9 Å². The van der Waals surface area contributed by atoms with Gasteiger partial charge in [-0.25, -0.2) is 13.8 Å². The molecule has 160 valence electrons. The first-order chi connectivity index (χ1) is 14.9. The van der Waals surface area contributed by atoms with Crippen LogP contribution in [0.3, 0.4) is 0 Å². The molecule has 0 amide bonds. The standard InChI is InChI=1S/C21H18ClF2N5O2/c1-29(2)7-8-30-13-4-5-16(22)14(10-13)19-15-11-25-21(26-20(15)28-27-19)31-18-6-3-12(23)9-17(18)24/h3-6,9-11H,7-8H2,1-2H3,(H,25,26,27,28). The van der Waals surface area contributed by atoms with E-state index >= 15 is 0 Å². The Kier molecular flexibility index (Phi) is 5.97. The first kappa shape index (κ1) is 21.0. The van der Waals surface area contributed by atoms with Crippen molar-refractivity contribution in [2.75, 3.05) is 27.2 Å². The van der Waals surface area contributed by atoms with Crippen LogP contribution in [0.1, 0.15) is 0 Å². The van der Waals surface area contributed by atoms with E-state index in [0.717, 1.165) is 24.7 Å². The maximum Gasteiger partial charge on any atom is 0.324 e. The molecule has 0 fully saturated rings. The topological polar surface area (TPSA) is 76.2 Å². The fourth-order valence-corrected chi connectivity index (χ4v) is 3.03. The molecule has 31 heavy (non-hydrogen) atoms. The van der Waals surface area contributed by atoms with E-state index in [2.05, 4.69) is 20.2 Å². The molecule has 0 aliphatic rings. The molecular weight excluding hydrogens is 428 g/mol. The van der Waals surface area contributed by atoms with Crippen molar-refractivity contribution in [3.63, 3.8) is 0 Å². The average molecular weight is 446 g/mol. The van der Waals surface area contributed by atoms with Crippen molar-refractivity contribution in [3.8, 4) is 28.8 Å². The number of H-pyrrole nitrogens is 1. The molecule has 2 aromatic carbocycles. The minimum Gasteiger partial charge on any atom is -0.492 e. The Morgan fingerprint density at radius 2 is 1.97 bits per heavy atom. The van der Waals surface area contributed by atoms with E-state index in [4.69, 9.17) is 21.1 Å². The predicted octanol–water partition coefficient (Wildman–Crippen LogP) is 4.68. The Hall–Kier alpha value is -3.30. The van der Waals surface area contributed by atoms with Crippen LogP contribution in [0, 0.1) is 11.6 Å². The van der Waals surface area contributed by atoms with Crippen molar-refractivity contribution in [3.05, 3.63) is 59.3 Å². The van der Waals surface area contributed by atoms with Crippen LogP contribution in [0.5, 0.6) is 17.5 Å². The fourth-order valence-electron chi connectivity index (χ4n) is 2.83. The summed E-state index contributed by atoms with van der Waals surface area (Å²) in [5.74, 6) is -1.09. The third-order valence-electron chi connectivity index (χ3n) is 4.39. The fraction of sp³-hybridized carbons (Fsp3) is 0.190. The van der Waals surface area contributed by atoms with E-state index in [9.17, 15) is 8.78 Å². The summed E-state index contributed by atoms with van der Waals surface area (Å²) >= 11 is 6.39. The Morgan fingerprint density at radius 3 is 2.74 bits per heavy atom. The largest absolute Gasteiger partial charge is 0.492 e. The van der Waals surface area contributed by atoms with Gasteiger partial charge in [0.2, 0.25) is 0 Å². The number of halogens is 3. The Balaban J connectivity index is 1.61. The summed E-state index contributed by atoms with van der Waals surface area (Å²) < 4.78 is 38.0. The van der Waals surface area contributed by atoms with Crippen molar-refractivity contribution >= 4 is 22.6 Å². The van der Waals surface area contributed by atoms with E-state index in [-0.39, 0.29) is 11.8 Å². The van der Waals surface area contributed by atoms with Gasteiger partial charge in [0.25, 0.3) is 0 Å². The maximum absolute atomic E-state index is 13.8. The van der Waals surface area contributed by atoms with E-state index in [0.29, 0.717) is 39.7 Å². The smallest absolute Gasteiger partial charge is 0.324 e. The van der Waals surface area contributed by atoms with Crippen LogP contribution in [0.4, 0.5) is 8.78 Å². The van der Waals surface area contributed by atoms with Crippen molar-refractivity contribution in [1.82, 2.24) is 25.1 Å². The highest BCUT2D eigenvalue weighted by molar-refractivity contribution is 6.33. The molecule has 2 heterocycles. The number of rotatable bonds is 7. The first-order valence-electron chi connectivity index (χ1n) is 9.32.